The quantitative estimate of drug-likeness (QED) is 0.167. The van der Waals surface area contributed by atoms with Gasteiger partial charge in [0.2, 0.25) is 5.78 Å². The highest BCUT2D eigenvalue weighted by Crippen LogP contribution is 2.56. The molecule has 42 heavy (non-hydrogen) atoms. The summed E-state index contributed by atoms with van der Waals surface area (Å²) in [5, 5.41) is 45.3. The third kappa shape index (κ3) is 4.05. The standard InChI is InChI=1S/C30H31N3O9/c1-12-15-5-4-6-16(34)19(15)24(36)20-18(12)26(42-17(35)11-13-7-9-14(31)10-8-13)22-23(33(2)3)25(37)21(29(32)40)28(39)30(22,41)27(20)38/h4-10,12,18,22-23,26,34,36,39,41H,11,31H2,1-3H3,(H2,32,40)/t12-,18+,22+,23?,26-,30-/m0/s1. The van der Waals surface area contributed by atoms with Crippen molar-refractivity contribution >= 4 is 34.9 Å². The fourth-order valence-corrected chi connectivity index (χ4v) is 6.68. The van der Waals surface area contributed by atoms with Gasteiger partial charge in [0.1, 0.15) is 28.9 Å². The smallest absolute Gasteiger partial charge is 0.310 e. The second-order valence-corrected chi connectivity index (χ2v) is 11.2. The number of anilines is 1. The maximum Gasteiger partial charge on any atom is 0.310 e. The Morgan fingerprint density at radius 3 is 2.29 bits per heavy atom. The van der Waals surface area contributed by atoms with Gasteiger partial charge in [-0.15, -0.1) is 0 Å². The van der Waals surface area contributed by atoms with Gasteiger partial charge in [-0.3, -0.25) is 24.1 Å². The van der Waals surface area contributed by atoms with Gasteiger partial charge >= 0.3 is 5.97 Å². The normalized spacial score (nSPS) is 28.7. The zero-order chi connectivity index (χ0) is 30.8. The van der Waals surface area contributed by atoms with E-state index in [1.54, 1.807) is 43.3 Å². The molecule has 1 fully saturated rings. The van der Waals surface area contributed by atoms with E-state index >= 15 is 0 Å². The zero-order valence-corrected chi connectivity index (χ0v) is 23.1. The predicted molar refractivity (Wildman–Crippen MR) is 149 cm³/mol. The van der Waals surface area contributed by atoms with Gasteiger partial charge in [0.05, 0.1) is 23.9 Å². The number of hydrogen-bond donors (Lipinski definition) is 6. The number of hydrogen-bond acceptors (Lipinski definition) is 11. The number of carbonyl (C=O) groups is 4. The van der Waals surface area contributed by atoms with Crippen molar-refractivity contribution in [2.75, 3.05) is 19.8 Å². The van der Waals surface area contributed by atoms with Crippen molar-refractivity contribution in [2.45, 2.75) is 37.0 Å². The second kappa shape index (κ2) is 10.00. The lowest BCUT2D eigenvalue weighted by molar-refractivity contribution is -0.185. The Morgan fingerprint density at radius 2 is 1.69 bits per heavy atom. The largest absolute Gasteiger partial charge is 0.508 e. The molecule has 2 aromatic carbocycles. The highest BCUT2D eigenvalue weighted by Gasteiger charge is 2.69. The molecular formula is C30H31N3O9. The minimum atomic E-state index is -3.00. The molecule has 8 N–H and O–H groups in total. The van der Waals surface area contributed by atoms with E-state index in [0.717, 1.165) is 0 Å². The maximum atomic E-state index is 14.2. The third-order valence-electron chi connectivity index (χ3n) is 8.56. The highest BCUT2D eigenvalue weighted by molar-refractivity contribution is 6.24. The second-order valence-electron chi connectivity index (χ2n) is 11.2. The van der Waals surface area contributed by atoms with Crippen LogP contribution in [0.15, 0.2) is 59.4 Å². The summed E-state index contributed by atoms with van der Waals surface area (Å²) in [5.74, 6) is -10.1. The number of benzene rings is 2. The van der Waals surface area contributed by atoms with Crippen LogP contribution in [0.5, 0.6) is 5.75 Å². The minimum Gasteiger partial charge on any atom is -0.508 e. The molecule has 0 aromatic heterocycles. The molecule has 0 saturated heterocycles. The van der Waals surface area contributed by atoms with Crippen LogP contribution in [0, 0.1) is 11.8 Å². The first-order chi connectivity index (χ1) is 19.7. The van der Waals surface area contributed by atoms with Crippen LogP contribution in [0.2, 0.25) is 0 Å². The van der Waals surface area contributed by atoms with Crippen molar-refractivity contribution in [2.24, 2.45) is 17.6 Å². The topological polar surface area (TPSA) is 214 Å². The summed E-state index contributed by atoms with van der Waals surface area (Å²) in [6, 6.07) is 9.48. The van der Waals surface area contributed by atoms with Gasteiger partial charge in [0.25, 0.3) is 5.91 Å². The lowest BCUT2D eigenvalue weighted by atomic mass is 9.54. The number of nitrogen functional groups attached to an aromatic ring is 1. The first kappa shape index (κ1) is 28.8. The number of ether oxygens (including phenoxy) is 1. The van der Waals surface area contributed by atoms with Gasteiger partial charge in [-0.05, 0) is 49.3 Å². The van der Waals surface area contributed by atoms with E-state index in [1.165, 1.54) is 25.1 Å². The van der Waals surface area contributed by atoms with E-state index in [2.05, 4.69) is 0 Å². The maximum absolute atomic E-state index is 14.2. The van der Waals surface area contributed by atoms with Gasteiger partial charge in [0.15, 0.2) is 11.4 Å². The van der Waals surface area contributed by atoms with Crippen molar-refractivity contribution in [3.05, 3.63) is 76.1 Å². The third-order valence-corrected chi connectivity index (χ3v) is 8.56. The van der Waals surface area contributed by atoms with Crippen LogP contribution < -0.4 is 11.5 Å². The predicted octanol–water partition coefficient (Wildman–Crippen LogP) is 0.872. The Kier molecular flexibility index (Phi) is 6.86. The number of rotatable bonds is 5. The van der Waals surface area contributed by atoms with Gasteiger partial charge in [-0.25, -0.2) is 0 Å². The fraction of sp³-hybridized carbons (Fsp3) is 0.333. The number of phenols is 1. The molecule has 3 aliphatic rings. The molecule has 0 bridgehead atoms. The number of aromatic hydroxyl groups is 1. The van der Waals surface area contributed by atoms with Gasteiger partial charge < -0.3 is 36.6 Å². The first-order valence-electron chi connectivity index (χ1n) is 13.2. The molecular weight excluding hydrogens is 546 g/mol. The fourth-order valence-electron chi connectivity index (χ4n) is 6.68. The molecule has 1 amide bonds. The van der Waals surface area contributed by atoms with Crippen LogP contribution in [0.1, 0.15) is 29.5 Å². The summed E-state index contributed by atoms with van der Waals surface area (Å²) in [6.45, 7) is 1.69. The van der Waals surface area contributed by atoms with Crippen LogP contribution in [0.4, 0.5) is 5.69 Å². The van der Waals surface area contributed by atoms with E-state index < -0.39 is 81.6 Å². The SMILES string of the molecule is C[C@H]1c2cccc(O)c2C(O)=C2C(=O)[C@]3(O)C(O)=C(C(N)=O)C(=O)C(N(C)C)[C@@H]3[C@@H](OC(=O)Cc3ccc(N)cc3)[C@@H]21. The number of likely N-dealkylation sites (N-methyl/N-ethyl adjacent to an activating group) is 1. The lowest BCUT2D eigenvalue weighted by Crippen LogP contribution is -2.71. The average molecular weight is 578 g/mol. The molecule has 0 heterocycles. The van der Waals surface area contributed by atoms with Gasteiger partial charge in [-0.1, -0.05) is 31.2 Å². The molecule has 1 unspecified atom stereocenters. The molecule has 6 atom stereocenters. The molecule has 3 aliphatic carbocycles. The van der Waals surface area contributed by atoms with Gasteiger partial charge in [-0.2, -0.15) is 0 Å². The summed E-state index contributed by atoms with van der Waals surface area (Å²) in [4.78, 5) is 54.9. The average Bonchev–Trinajstić information content (AvgIpc) is 2.91. The number of nitrogens with two attached hydrogens (primary N) is 2. The summed E-state index contributed by atoms with van der Waals surface area (Å²) >= 11 is 0. The van der Waals surface area contributed by atoms with Crippen molar-refractivity contribution < 1.29 is 44.3 Å². The Labute approximate surface area is 240 Å². The Bertz CT molecular complexity index is 1590. The van der Waals surface area contributed by atoms with E-state index in [1.807, 2.05) is 0 Å². The Morgan fingerprint density at radius 1 is 1.05 bits per heavy atom. The molecule has 12 heteroatoms. The zero-order valence-electron chi connectivity index (χ0n) is 23.1. The number of phenolic OH excluding ortho intramolecular Hbond substituents is 1. The van der Waals surface area contributed by atoms with Crippen molar-refractivity contribution in [3.63, 3.8) is 0 Å². The lowest BCUT2D eigenvalue weighted by Gasteiger charge is -2.54. The molecule has 0 radical (unpaired) electrons. The summed E-state index contributed by atoms with van der Waals surface area (Å²) < 4.78 is 6.00. The van der Waals surface area contributed by atoms with Crippen molar-refractivity contribution in [1.29, 1.82) is 0 Å². The number of aliphatic hydroxyl groups is 3. The van der Waals surface area contributed by atoms with Crippen LogP contribution in [0.25, 0.3) is 5.76 Å². The van der Waals surface area contributed by atoms with Gasteiger partial charge in [0, 0.05) is 17.2 Å². The summed E-state index contributed by atoms with van der Waals surface area (Å²) in [7, 11) is 2.92. The molecule has 220 valence electrons. The number of fused-ring (bicyclic) bond motifs is 3. The van der Waals surface area contributed by atoms with E-state index in [-0.39, 0.29) is 17.7 Å². The Balaban J connectivity index is 1.76. The number of amides is 1. The van der Waals surface area contributed by atoms with Crippen molar-refractivity contribution in [3.8, 4) is 5.75 Å². The van der Waals surface area contributed by atoms with Crippen LogP contribution in [-0.2, 0) is 30.3 Å². The summed E-state index contributed by atoms with van der Waals surface area (Å²) in [5.41, 5.74) is 8.14. The Hall–Kier alpha value is -4.68. The number of esters is 1. The van der Waals surface area contributed by atoms with E-state index in [0.29, 0.717) is 16.8 Å². The van der Waals surface area contributed by atoms with Crippen molar-refractivity contribution in [1.82, 2.24) is 4.90 Å². The van der Waals surface area contributed by atoms with Crippen LogP contribution in [-0.4, -0.2) is 80.6 Å². The molecule has 12 nitrogen and oxygen atoms in total. The molecule has 0 aliphatic heterocycles. The van der Waals surface area contributed by atoms with Crippen LogP contribution >= 0.6 is 0 Å². The monoisotopic (exact) mass is 577 g/mol. The number of ketones is 2. The number of carbonyl (C=O) groups excluding carboxylic acids is 4. The number of primary amides is 1. The summed E-state index contributed by atoms with van der Waals surface area (Å²) in [6.07, 6.45) is -1.72. The molecule has 5 rings (SSSR count). The minimum absolute atomic E-state index is 0.0618. The van der Waals surface area contributed by atoms with E-state index in [4.69, 9.17) is 16.2 Å². The van der Waals surface area contributed by atoms with E-state index in [9.17, 15) is 39.6 Å². The first-order valence-corrected chi connectivity index (χ1v) is 13.2. The number of Topliss-reactive ketones (excluding diaryl/α,β-unsaturated/α-hetero) is 2. The number of nitrogens with zero attached hydrogens (tertiary/aromatic N) is 1. The van der Waals surface area contributed by atoms with Crippen LogP contribution in [0.3, 0.4) is 0 Å². The molecule has 2 aromatic rings. The highest BCUT2D eigenvalue weighted by atomic mass is 16.5. The molecule has 1 saturated carbocycles. The number of aliphatic hydroxyl groups excluding tert-OH is 2. The molecule has 0 spiro atoms.